The van der Waals surface area contributed by atoms with Crippen LogP contribution in [0.5, 0.6) is 11.5 Å². The van der Waals surface area contributed by atoms with Crippen LogP contribution in [-0.2, 0) is 22.8 Å². The molecule has 2 amide bonds. The molecule has 4 rings (SSSR count). The molecule has 0 aliphatic heterocycles. The molecule has 8 heteroatoms. The van der Waals surface area contributed by atoms with Crippen LogP contribution in [0.4, 0.5) is 0 Å². The van der Waals surface area contributed by atoms with Gasteiger partial charge >= 0.3 is 0 Å². The predicted octanol–water partition coefficient (Wildman–Crippen LogP) is 5.62. The lowest BCUT2D eigenvalue weighted by molar-refractivity contribution is -0.122. The summed E-state index contributed by atoms with van der Waals surface area (Å²) in [5.41, 5.74) is 8.60. The summed E-state index contributed by atoms with van der Waals surface area (Å²) in [5, 5.41) is 8.08. The zero-order valence-corrected chi connectivity index (χ0v) is 22.6. The zero-order valence-electron chi connectivity index (χ0n) is 22.6. The van der Waals surface area contributed by atoms with E-state index in [1.807, 2.05) is 109 Å². The first-order valence-corrected chi connectivity index (χ1v) is 13.3. The summed E-state index contributed by atoms with van der Waals surface area (Å²) in [4.78, 5) is 24.4. The number of hydrazone groups is 2. The van der Waals surface area contributed by atoms with Gasteiger partial charge in [-0.3, -0.25) is 9.59 Å². The van der Waals surface area contributed by atoms with Crippen molar-refractivity contribution in [1.82, 2.24) is 10.9 Å². The van der Waals surface area contributed by atoms with Crippen LogP contribution in [-0.4, -0.2) is 24.2 Å². The molecule has 0 heterocycles. The standard InChI is InChI=1S/C33H32N4O4/c38-32(36-34-22-28-16-7-9-18-30(28)40-24-26-12-3-1-4-13-26)20-11-21-33(39)37-35-23-29-17-8-10-19-31(29)41-25-27-14-5-2-6-15-27/h1-10,12-19,22-23H,11,20-21,24-25H2,(H,36,38)(H,37,39). The van der Waals surface area contributed by atoms with Crippen LogP contribution < -0.4 is 20.3 Å². The molecule has 0 bridgehead atoms. The highest BCUT2D eigenvalue weighted by molar-refractivity contribution is 5.86. The number of carbonyl (C=O) groups excluding carboxylic acids is 2. The number of amides is 2. The quantitative estimate of drug-likeness (QED) is 0.158. The molecule has 0 fully saturated rings. The maximum atomic E-state index is 12.2. The molecule has 2 N–H and O–H groups in total. The first-order valence-electron chi connectivity index (χ1n) is 13.3. The molecule has 8 nitrogen and oxygen atoms in total. The Morgan fingerprint density at radius 1 is 0.561 bits per heavy atom. The zero-order chi connectivity index (χ0) is 28.5. The van der Waals surface area contributed by atoms with Crippen LogP contribution >= 0.6 is 0 Å². The van der Waals surface area contributed by atoms with Crippen LogP contribution in [0.2, 0.25) is 0 Å². The van der Waals surface area contributed by atoms with E-state index >= 15 is 0 Å². The molecule has 41 heavy (non-hydrogen) atoms. The minimum Gasteiger partial charge on any atom is -0.488 e. The van der Waals surface area contributed by atoms with Crippen LogP contribution in [0.1, 0.15) is 41.5 Å². The van der Waals surface area contributed by atoms with E-state index in [4.69, 9.17) is 9.47 Å². The maximum Gasteiger partial charge on any atom is 0.240 e. The fourth-order valence-electron chi connectivity index (χ4n) is 3.78. The number of rotatable bonds is 14. The van der Waals surface area contributed by atoms with Gasteiger partial charge in [0.1, 0.15) is 24.7 Å². The summed E-state index contributed by atoms with van der Waals surface area (Å²) in [6.07, 6.45) is 3.74. The molecule has 0 atom stereocenters. The average molecular weight is 549 g/mol. The van der Waals surface area contributed by atoms with E-state index < -0.39 is 0 Å². The molecule has 0 radical (unpaired) electrons. The normalized spacial score (nSPS) is 10.9. The van der Waals surface area contributed by atoms with Crippen molar-refractivity contribution in [2.24, 2.45) is 10.2 Å². The van der Waals surface area contributed by atoms with Crippen molar-refractivity contribution in [3.63, 3.8) is 0 Å². The van der Waals surface area contributed by atoms with Crippen molar-refractivity contribution in [3.05, 3.63) is 131 Å². The van der Waals surface area contributed by atoms with Crippen LogP contribution in [0.3, 0.4) is 0 Å². The van der Waals surface area contributed by atoms with E-state index in [0.717, 1.165) is 22.3 Å². The van der Waals surface area contributed by atoms with E-state index in [9.17, 15) is 9.59 Å². The number of carbonyl (C=O) groups is 2. The summed E-state index contributed by atoms with van der Waals surface area (Å²) in [6, 6.07) is 34.6. The van der Waals surface area contributed by atoms with Gasteiger partial charge in [0.05, 0.1) is 12.4 Å². The highest BCUT2D eigenvalue weighted by Gasteiger charge is 2.06. The SMILES string of the molecule is O=C(CCCC(=O)NN=Cc1ccccc1OCc1ccccc1)NN=Cc1ccccc1OCc1ccccc1. The van der Waals surface area contributed by atoms with Gasteiger partial charge in [-0.15, -0.1) is 0 Å². The van der Waals surface area contributed by atoms with Gasteiger partial charge in [-0.05, 0) is 41.8 Å². The molecule has 0 saturated carbocycles. The fourth-order valence-corrected chi connectivity index (χ4v) is 3.78. The molecule has 208 valence electrons. The van der Waals surface area contributed by atoms with E-state index in [1.54, 1.807) is 12.4 Å². The minimum atomic E-state index is -0.287. The Labute approximate surface area is 239 Å². The van der Waals surface area contributed by atoms with Crippen molar-refractivity contribution >= 4 is 24.2 Å². The van der Waals surface area contributed by atoms with Crippen molar-refractivity contribution in [2.45, 2.75) is 32.5 Å². The topological polar surface area (TPSA) is 101 Å². The Hall–Kier alpha value is -5.24. The molecule has 0 aromatic heterocycles. The second kappa shape index (κ2) is 16.0. The summed E-state index contributed by atoms with van der Waals surface area (Å²) >= 11 is 0. The van der Waals surface area contributed by atoms with Gasteiger partial charge in [-0.2, -0.15) is 10.2 Å². The van der Waals surface area contributed by atoms with Crippen LogP contribution in [0, 0.1) is 0 Å². The van der Waals surface area contributed by atoms with Gasteiger partial charge in [0, 0.05) is 24.0 Å². The molecule has 0 unspecified atom stereocenters. The number of ether oxygens (including phenoxy) is 2. The number of hydrogen-bond acceptors (Lipinski definition) is 6. The predicted molar refractivity (Wildman–Crippen MR) is 160 cm³/mol. The lowest BCUT2D eigenvalue weighted by Gasteiger charge is -2.09. The fraction of sp³-hybridized carbons (Fsp3) is 0.152. The molecule has 0 spiro atoms. The van der Waals surface area contributed by atoms with Crippen molar-refractivity contribution < 1.29 is 19.1 Å². The molecule has 0 aliphatic carbocycles. The monoisotopic (exact) mass is 548 g/mol. The second-order valence-corrected chi connectivity index (χ2v) is 9.06. The van der Waals surface area contributed by atoms with E-state index in [-0.39, 0.29) is 24.7 Å². The third kappa shape index (κ3) is 10.1. The van der Waals surface area contributed by atoms with Crippen molar-refractivity contribution in [1.29, 1.82) is 0 Å². The average Bonchev–Trinajstić information content (AvgIpc) is 3.01. The number of benzene rings is 4. The van der Waals surface area contributed by atoms with E-state index in [0.29, 0.717) is 31.1 Å². The lowest BCUT2D eigenvalue weighted by Crippen LogP contribution is -2.20. The largest absolute Gasteiger partial charge is 0.488 e. The lowest BCUT2D eigenvalue weighted by atomic mass is 10.2. The second-order valence-electron chi connectivity index (χ2n) is 9.06. The van der Waals surface area contributed by atoms with E-state index in [1.165, 1.54) is 0 Å². The number of nitrogens with zero attached hydrogens (tertiary/aromatic N) is 2. The first kappa shape index (κ1) is 28.8. The van der Waals surface area contributed by atoms with Gasteiger partial charge < -0.3 is 9.47 Å². The van der Waals surface area contributed by atoms with Crippen LogP contribution in [0.15, 0.2) is 119 Å². The molecule has 4 aromatic rings. The Bertz CT molecular complexity index is 1350. The summed E-state index contributed by atoms with van der Waals surface area (Å²) < 4.78 is 11.8. The summed E-state index contributed by atoms with van der Waals surface area (Å²) in [7, 11) is 0. The number of nitrogens with one attached hydrogen (secondary N) is 2. The van der Waals surface area contributed by atoms with Gasteiger partial charge in [0.15, 0.2) is 0 Å². The molecular weight excluding hydrogens is 516 g/mol. The smallest absolute Gasteiger partial charge is 0.240 e. The first-order chi connectivity index (χ1) is 20.2. The Morgan fingerprint density at radius 3 is 1.39 bits per heavy atom. The summed E-state index contributed by atoms with van der Waals surface area (Å²) in [6.45, 7) is 0.859. The number of para-hydroxylation sites is 2. The molecular formula is C33H32N4O4. The van der Waals surface area contributed by atoms with E-state index in [2.05, 4.69) is 21.1 Å². The Balaban J connectivity index is 1.16. The van der Waals surface area contributed by atoms with Gasteiger partial charge in [0.2, 0.25) is 11.8 Å². The maximum absolute atomic E-state index is 12.2. The third-order valence-corrected chi connectivity index (χ3v) is 5.91. The Kier molecular flexibility index (Phi) is 11.2. The minimum absolute atomic E-state index is 0.150. The third-order valence-electron chi connectivity index (χ3n) is 5.91. The molecule has 0 saturated heterocycles. The molecule has 4 aromatic carbocycles. The van der Waals surface area contributed by atoms with Crippen LogP contribution in [0.25, 0.3) is 0 Å². The summed E-state index contributed by atoms with van der Waals surface area (Å²) in [5.74, 6) is 0.753. The van der Waals surface area contributed by atoms with Crippen molar-refractivity contribution in [3.8, 4) is 11.5 Å². The Morgan fingerprint density at radius 2 is 0.951 bits per heavy atom. The van der Waals surface area contributed by atoms with Gasteiger partial charge in [-0.25, -0.2) is 10.9 Å². The van der Waals surface area contributed by atoms with Crippen molar-refractivity contribution in [2.75, 3.05) is 0 Å². The number of hydrogen-bond donors (Lipinski definition) is 2. The highest BCUT2D eigenvalue weighted by Crippen LogP contribution is 2.18. The van der Waals surface area contributed by atoms with Gasteiger partial charge in [0.25, 0.3) is 0 Å². The highest BCUT2D eigenvalue weighted by atomic mass is 16.5. The molecule has 0 aliphatic rings. The van der Waals surface area contributed by atoms with Gasteiger partial charge in [-0.1, -0.05) is 84.9 Å².